The Hall–Kier alpha value is -3.64. The van der Waals surface area contributed by atoms with Crippen molar-refractivity contribution in [3.63, 3.8) is 0 Å². The molecule has 3 heterocycles. The van der Waals surface area contributed by atoms with E-state index in [4.69, 9.17) is 10.6 Å². The molecule has 0 saturated carbocycles. The highest BCUT2D eigenvalue weighted by molar-refractivity contribution is 7.84. The van der Waals surface area contributed by atoms with E-state index >= 15 is 0 Å². The molecule has 2 amide bonds. The Kier molecular flexibility index (Phi) is 6.34. The summed E-state index contributed by atoms with van der Waals surface area (Å²) in [5.41, 5.74) is 3.20. The number of aliphatic carboxylic acids is 1. The lowest BCUT2D eigenvalue weighted by Gasteiger charge is -2.43. The maximum atomic E-state index is 12.9. The van der Waals surface area contributed by atoms with E-state index in [1.165, 1.54) is 31.6 Å². The predicted octanol–water partition coefficient (Wildman–Crippen LogP) is -1.90. The van der Waals surface area contributed by atoms with E-state index in [0.29, 0.717) is 0 Å². The number of aromatic nitrogens is 4. The Bertz CT molecular complexity index is 1210. The number of thiazole rings is 1. The zero-order valence-corrected chi connectivity index (χ0v) is 18.6. The van der Waals surface area contributed by atoms with Crippen molar-refractivity contribution >= 4 is 50.3 Å². The van der Waals surface area contributed by atoms with Gasteiger partial charge in [-0.3, -0.25) is 14.1 Å². The second-order valence-corrected chi connectivity index (χ2v) is 9.31. The molecule has 2 atom stereocenters. The van der Waals surface area contributed by atoms with E-state index in [9.17, 15) is 32.5 Å². The van der Waals surface area contributed by atoms with Crippen molar-refractivity contribution in [2.45, 2.75) is 38.1 Å². The van der Waals surface area contributed by atoms with Gasteiger partial charge in [-0.2, -0.15) is 23.4 Å². The van der Waals surface area contributed by atoms with Crippen molar-refractivity contribution in [1.82, 2.24) is 29.6 Å². The summed E-state index contributed by atoms with van der Waals surface area (Å²) >= 11 is 0.963. The molecule has 0 spiro atoms. The molecule has 2 aromatic rings. The van der Waals surface area contributed by atoms with Crippen molar-refractivity contribution in [2.75, 3.05) is 5.73 Å². The van der Waals surface area contributed by atoms with Gasteiger partial charge in [0.2, 0.25) is 5.60 Å². The number of carboxylic acid groups (broad SMARTS) is 1. The minimum absolute atomic E-state index is 0.0695. The van der Waals surface area contributed by atoms with Gasteiger partial charge in [0, 0.05) is 5.38 Å². The van der Waals surface area contributed by atoms with Crippen LogP contribution < -0.4 is 11.1 Å². The molecule has 16 nitrogen and oxygen atoms in total. The van der Waals surface area contributed by atoms with E-state index in [1.54, 1.807) is 0 Å². The molecule has 1 aliphatic heterocycles. The van der Waals surface area contributed by atoms with Crippen LogP contribution in [0.1, 0.15) is 19.5 Å². The zero-order chi connectivity index (χ0) is 24.6. The molecule has 5 N–H and O–H groups in total. The fourth-order valence-electron chi connectivity index (χ4n) is 2.65. The third kappa shape index (κ3) is 5.07. The molecule has 2 unspecified atom stereocenters. The van der Waals surface area contributed by atoms with Gasteiger partial charge in [-0.05, 0) is 13.8 Å². The number of nitrogens with two attached hydrogens (primary N) is 1. The molecule has 3 rings (SSSR count). The molecule has 0 aromatic carbocycles. The Labute approximate surface area is 189 Å². The number of amides is 2. The summed E-state index contributed by atoms with van der Waals surface area (Å²) in [5.74, 6) is -3.52. The van der Waals surface area contributed by atoms with E-state index in [2.05, 4.69) is 25.7 Å². The summed E-state index contributed by atoms with van der Waals surface area (Å²) in [6.45, 7) is 2.11. The quantitative estimate of drug-likeness (QED) is 0.127. The third-order valence-corrected chi connectivity index (χ3v) is 6.00. The van der Waals surface area contributed by atoms with Crippen LogP contribution in [0.4, 0.5) is 5.13 Å². The summed E-state index contributed by atoms with van der Waals surface area (Å²) < 4.78 is 32.8. The number of carbonyl (C=O) groups is 3. The first-order valence-corrected chi connectivity index (χ1v) is 11.3. The normalized spacial score (nSPS) is 19.2. The molecular formula is C15H18N8O8S2. The molecule has 18 heteroatoms. The first kappa shape index (κ1) is 24.0. The van der Waals surface area contributed by atoms with E-state index in [0.717, 1.165) is 16.1 Å². The molecule has 1 saturated heterocycles. The van der Waals surface area contributed by atoms with Crippen molar-refractivity contribution in [3.05, 3.63) is 23.5 Å². The molecule has 2 aromatic heterocycles. The number of nitrogens with one attached hydrogen (secondary N) is 1. The zero-order valence-electron chi connectivity index (χ0n) is 17.0. The lowest BCUT2D eigenvalue weighted by molar-refractivity contribution is -0.161. The van der Waals surface area contributed by atoms with Crippen molar-refractivity contribution in [3.8, 4) is 0 Å². The fraction of sp³-hybridized carbons (Fsp3) is 0.400. The Balaban J connectivity index is 1.88. The Morgan fingerprint density at radius 1 is 1.36 bits per heavy atom. The van der Waals surface area contributed by atoms with Gasteiger partial charge >= 0.3 is 16.3 Å². The lowest BCUT2D eigenvalue weighted by atomic mass is 9.98. The molecule has 178 valence electrons. The van der Waals surface area contributed by atoms with Crippen LogP contribution in [0, 0.1) is 0 Å². The number of hydrogen-bond donors (Lipinski definition) is 4. The number of anilines is 1. The Morgan fingerprint density at radius 2 is 2.00 bits per heavy atom. The fourth-order valence-corrected chi connectivity index (χ4v) is 4.07. The highest BCUT2D eigenvalue weighted by atomic mass is 32.2. The number of hydrogen-bond acceptors (Lipinski definition) is 12. The molecule has 1 fully saturated rings. The van der Waals surface area contributed by atoms with Crippen LogP contribution in [-0.4, -0.2) is 83.5 Å². The summed E-state index contributed by atoms with van der Waals surface area (Å²) in [5, 5.41) is 24.1. The van der Waals surface area contributed by atoms with E-state index in [-0.39, 0.29) is 21.7 Å². The number of nitrogens with zero attached hydrogens (tertiary/aromatic N) is 6. The van der Waals surface area contributed by atoms with Gasteiger partial charge < -0.3 is 21.0 Å². The van der Waals surface area contributed by atoms with Crippen LogP contribution in [0.2, 0.25) is 0 Å². The number of rotatable bonds is 9. The standard InChI is InChI=1S/C15H18N8O8S2/c1-15(2,13(26)27)31-21-9(7-6-32-14(16)19-7)11(24)20-10-8(5-22-17-3-4-18-22)23(12(10)25)33(28,29)30/h3-4,6,8,10H,5H2,1-2H3,(H2,16,19)(H,20,24)(H,26,27)(H,28,29,30). The minimum Gasteiger partial charge on any atom is -0.478 e. The number of carboxylic acids is 1. The monoisotopic (exact) mass is 502 g/mol. The molecule has 33 heavy (non-hydrogen) atoms. The minimum atomic E-state index is -4.93. The number of oxime groups is 1. The summed E-state index contributed by atoms with van der Waals surface area (Å²) in [6, 6.07) is -2.68. The third-order valence-electron chi connectivity index (χ3n) is 4.38. The second-order valence-electron chi connectivity index (χ2n) is 7.13. The van der Waals surface area contributed by atoms with Crippen LogP contribution in [0.25, 0.3) is 0 Å². The van der Waals surface area contributed by atoms with Crippen LogP contribution in [-0.2, 0) is 36.1 Å². The van der Waals surface area contributed by atoms with Gasteiger partial charge in [0.05, 0.1) is 18.9 Å². The second kappa shape index (κ2) is 8.71. The topological polar surface area (TPSA) is 232 Å². The van der Waals surface area contributed by atoms with Gasteiger partial charge in [0.25, 0.3) is 11.8 Å². The highest BCUT2D eigenvalue weighted by Gasteiger charge is 2.54. The molecule has 0 radical (unpaired) electrons. The summed E-state index contributed by atoms with van der Waals surface area (Å²) in [6.07, 6.45) is 2.62. The highest BCUT2D eigenvalue weighted by Crippen LogP contribution is 2.25. The largest absolute Gasteiger partial charge is 0.478 e. The van der Waals surface area contributed by atoms with Crippen molar-refractivity contribution in [1.29, 1.82) is 0 Å². The lowest BCUT2D eigenvalue weighted by Crippen LogP contribution is -2.73. The summed E-state index contributed by atoms with van der Waals surface area (Å²) in [7, 11) is -4.93. The van der Waals surface area contributed by atoms with E-state index in [1.807, 2.05) is 0 Å². The maximum Gasteiger partial charge on any atom is 0.362 e. The number of β-lactam (4-membered cyclic amide) rings is 1. The molecule has 0 aliphatic carbocycles. The van der Waals surface area contributed by atoms with Gasteiger partial charge in [-0.25, -0.2) is 14.1 Å². The van der Waals surface area contributed by atoms with Crippen LogP contribution in [0.3, 0.4) is 0 Å². The average molecular weight is 502 g/mol. The van der Waals surface area contributed by atoms with Gasteiger partial charge in [-0.15, -0.1) is 11.3 Å². The molecular weight excluding hydrogens is 484 g/mol. The van der Waals surface area contributed by atoms with Crippen molar-refractivity contribution < 1.29 is 37.3 Å². The van der Waals surface area contributed by atoms with E-state index < -0.39 is 51.5 Å². The number of nitrogen functional groups attached to an aromatic ring is 1. The summed E-state index contributed by atoms with van der Waals surface area (Å²) in [4.78, 5) is 46.5. The average Bonchev–Trinajstić information content (AvgIpc) is 3.36. The molecule has 1 aliphatic rings. The Morgan fingerprint density at radius 3 is 2.52 bits per heavy atom. The SMILES string of the molecule is CC(C)(ON=C(C(=O)NC1C(=O)N(S(=O)(=O)O)C1Cn1nccn1)c1csc(N)n1)C(=O)O. The molecule has 0 bridgehead atoms. The van der Waals surface area contributed by atoms with Crippen molar-refractivity contribution in [2.24, 2.45) is 5.16 Å². The van der Waals surface area contributed by atoms with Crippen LogP contribution >= 0.6 is 11.3 Å². The van der Waals surface area contributed by atoms with Crippen LogP contribution in [0.5, 0.6) is 0 Å². The first-order chi connectivity index (χ1) is 15.3. The number of carbonyl (C=O) groups excluding carboxylic acids is 2. The first-order valence-electron chi connectivity index (χ1n) is 8.98. The predicted molar refractivity (Wildman–Crippen MR) is 110 cm³/mol. The van der Waals surface area contributed by atoms with Crippen LogP contribution in [0.15, 0.2) is 22.9 Å². The maximum absolute atomic E-state index is 12.9. The van der Waals surface area contributed by atoms with Gasteiger partial charge in [0.15, 0.2) is 10.8 Å². The van der Waals surface area contributed by atoms with Gasteiger partial charge in [-0.1, -0.05) is 5.16 Å². The van der Waals surface area contributed by atoms with Gasteiger partial charge in [0.1, 0.15) is 17.8 Å². The smallest absolute Gasteiger partial charge is 0.362 e.